The Morgan fingerprint density at radius 3 is 2.63 bits per heavy atom. The molecule has 1 aromatic carbocycles. The third-order valence-corrected chi connectivity index (χ3v) is 7.28. The number of hydrogen-bond donors (Lipinski definition) is 1. The van der Waals surface area contributed by atoms with Crippen LogP contribution >= 0.6 is 0 Å². The maximum atomic E-state index is 12.2. The Morgan fingerprint density at radius 1 is 1.03 bits per heavy atom. The summed E-state index contributed by atoms with van der Waals surface area (Å²) >= 11 is 0. The molecule has 1 N–H and O–H groups in total. The lowest BCUT2D eigenvalue weighted by Gasteiger charge is -2.38. The number of nitrogens with one attached hydrogen (secondary N) is 1. The number of hydrogen-bond acceptors (Lipinski definition) is 8. The minimum absolute atomic E-state index is 0.122. The molecule has 6 rings (SSSR count). The van der Waals surface area contributed by atoms with Crippen molar-refractivity contribution in [3.63, 3.8) is 0 Å². The zero-order chi connectivity index (χ0) is 23.9. The van der Waals surface area contributed by atoms with E-state index in [0.29, 0.717) is 42.5 Å². The van der Waals surface area contributed by atoms with Crippen LogP contribution in [0.5, 0.6) is 0 Å². The van der Waals surface area contributed by atoms with Gasteiger partial charge in [-0.3, -0.25) is 4.79 Å². The molecule has 35 heavy (non-hydrogen) atoms. The number of fused-ring (bicyclic) bond motifs is 3. The van der Waals surface area contributed by atoms with Gasteiger partial charge in [-0.05, 0) is 44.0 Å². The molecular formula is C26H30N6O3. The molecule has 3 fully saturated rings. The van der Waals surface area contributed by atoms with E-state index in [0.717, 1.165) is 55.1 Å². The van der Waals surface area contributed by atoms with E-state index in [-0.39, 0.29) is 11.9 Å². The molecule has 2 aromatic heterocycles. The average molecular weight is 475 g/mol. The third-order valence-electron chi connectivity index (χ3n) is 7.28. The van der Waals surface area contributed by atoms with E-state index < -0.39 is 0 Å². The normalized spacial score (nSPS) is 24.1. The summed E-state index contributed by atoms with van der Waals surface area (Å²) in [5, 5.41) is 3.63. The monoisotopic (exact) mass is 474 g/mol. The molecule has 0 saturated carbocycles. The van der Waals surface area contributed by atoms with E-state index in [1.807, 2.05) is 24.3 Å². The van der Waals surface area contributed by atoms with Gasteiger partial charge in [0.05, 0.1) is 55.6 Å². The first-order valence-corrected chi connectivity index (χ1v) is 12.3. The van der Waals surface area contributed by atoms with Crippen LogP contribution in [-0.2, 0) is 9.47 Å². The van der Waals surface area contributed by atoms with Crippen LogP contribution in [0.2, 0.25) is 0 Å². The summed E-state index contributed by atoms with van der Waals surface area (Å²) in [6.45, 7) is 5.64. The number of anilines is 2. The second-order valence-corrected chi connectivity index (χ2v) is 9.52. The van der Waals surface area contributed by atoms with Gasteiger partial charge in [0, 0.05) is 24.7 Å². The first kappa shape index (κ1) is 22.2. The Bertz CT molecular complexity index is 1250. The Hall–Kier alpha value is -3.30. The number of ether oxygens (including phenoxy) is 2. The molecule has 182 valence electrons. The van der Waals surface area contributed by atoms with Crippen LogP contribution in [0.3, 0.4) is 0 Å². The number of morpholine rings is 2. The lowest BCUT2D eigenvalue weighted by Crippen LogP contribution is -2.47. The lowest BCUT2D eigenvalue weighted by molar-refractivity contribution is 0.0902. The summed E-state index contributed by atoms with van der Waals surface area (Å²) in [4.78, 5) is 31.9. The molecule has 1 amide bonds. The van der Waals surface area contributed by atoms with Crippen molar-refractivity contribution in [1.29, 1.82) is 0 Å². The highest BCUT2D eigenvalue weighted by Gasteiger charge is 2.39. The van der Waals surface area contributed by atoms with Gasteiger partial charge in [0.1, 0.15) is 5.82 Å². The number of pyridine rings is 1. The van der Waals surface area contributed by atoms with Gasteiger partial charge in [-0.1, -0.05) is 12.1 Å². The fraction of sp³-hybridized carbons (Fsp3) is 0.462. The van der Waals surface area contributed by atoms with Crippen molar-refractivity contribution < 1.29 is 14.3 Å². The first-order chi connectivity index (χ1) is 17.1. The number of carbonyl (C=O) groups excluding carboxylic acids is 1. The standard InChI is InChI=1S/C26H30N6O3/c1-16-13-34-11-10-31(16)26-29-23-21(24(30-26)32-19-6-7-20(32)15-35-14-19)8-9-22(28-23)17-4-3-5-18(12-17)25(33)27-2/h3-5,8-9,12,16,19-20H,6-7,10-11,13-15H2,1-2H3,(H,27,33). The van der Waals surface area contributed by atoms with Crippen LogP contribution in [-0.4, -0.2) is 79.0 Å². The van der Waals surface area contributed by atoms with Crippen LogP contribution in [0.1, 0.15) is 30.1 Å². The Kier molecular flexibility index (Phi) is 5.74. The SMILES string of the molecule is CNC(=O)c1cccc(-c2ccc3c(N4C5CCC4COC5)nc(N4CCOCC4C)nc3n2)c1. The maximum Gasteiger partial charge on any atom is 0.251 e. The number of benzene rings is 1. The van der Waals surface area contributed by atoms with Gasteiger partial charge in [0.15, 0.2) is 5.65 Å². The number of carbonyl (C=O) groups is 1. The molecule has 3 aromatic rings. The van der Waals surface area contributed by atoms with Crippen molar-refractivity contribution in [3.8, 4) is 11.3 Å². The highest BCUT2D eigenvalue weighted by molar-refractivity contribution is 5.95. The molecule has 3 aliphatic rings. The summed E-state index contributed by atoms with van der Waals surface area (Å²) in [5.74, 6) is 1.51. The summed E-state index contributed by atoms with van der Waals surface area (Å²) in [6, 6.07) is 12.4. The van der Waals surface area contributed by atoms with Gasteiger partial charge < -0.3 is 24.6 Å². The second kappa shape index (κ2) is 9.05. The highest BCUT2D eigenvalue weighted by Crippen LogP contribution is 2.38. The molecule has 3 saturated heterocycles. The predicted octanol–water partition coefficient (Wildman–Crippen LogP) is 2.64. The number of nitrogens with zero attached hydrogens (tertiary/aromatic N) is 5. The molecule has 5 heterocycles. The molecular weight excluding hydrogens is 444 g/mol. The fourth-order valence-corrected chi connectivity index (χ4v) is 5.43. The smallest absolute Gasteiger partial charge is 0.251 e. The van der Waals surface area contributed by atoms with E-state index in [2.05, 4.69) is 28.1 Å². The van der Waals surface area contributed by atoms with Gasteiger partial charge in [-0.15, -0.1) is 0 Å². The molecule has 2 bridgehead atoms. The zero-order valence-corrected chi connectivity index (χ0v) is 20.1. The van der Waals surface area contributed by atoms with Crippen molar-refractivity contribution in [2.24, 2.45) is 0 Å². The Balaban J connectivity index is 1.48. The molecule has 0 radical (unpaired) electrons. The van der Waals surface area contributed by atoms with Crippen molar-refractivity contribution in [2.75, 3.05) is 49.8 Å². The molecule has 3 atom stereocenters. The van der Waals surface area contributed by atoms with Gasteiger partial charge in [0.25, 0.3) is 5.91 Å². The number of aromatic nitrogens is 3. The molecule has 9 nitrogen and oxygen atoms in total. The highest BCUT2D eigenvalue weighted by atomic mass is 16.5. The summed E-state index contributed by atoms with van der Waals surface area (Å²) in [7, 11) is 1.63. The van der Waals surface area contributed by atoms with Crippen molar-refractivity contribution in [2.45, 2.75) is 37.9 Å². The van der Waals surface area contributed by atoms with Crippen LogP contribution in [0, 0.1) is 0 Å². The Labute approximate surface area is 204 Å². The van der Waals surface area contributed by atoms with E-state index in [9.17, 15) is 4.79 Å². The average Bonchev–Trinajstić information content (AvgIpc) is 3.14. The van der Waals surface area contributed by atoms with Crippen LogP contribution < -0.4 is 15.1 Å². The van der Waals surface area contributed by atoms with Crippen molar-refractivity contribution >= 4 is 28.7 Å². The topological polar surface area (TPSA) is 92.7 Å². The maximum absolute atomic E-state index is 12.2. The summed E-state index contributed by atoms with van der Waals surface area (Å²) < 4.78 is 11.5. The zero-order valence-electron chi connectivity index (χ0n) is 20.1. The van der Waals surface area contributed by atoms with E-state index >= 15 is 0 Å². The molecule has 0 spiro atoms. The number of rotatable bonds is 4. The van der Waals surface area contributed by atoms with Crippen LogP contribution in [0.25, 0.3) is 22.3 Å². The van der Waals surface area contributed by atoms with Gasteiger partial charge in [0.2, 0.25) is 5.95 Å². The largest absolute Gasteiger partial charge is 0.377 e. The summed E-state index contributed by atoms with van der Waals surface area (Å²) in [5.41, 5.74) is 2.92. The van der Waals surface area contributed by atoms with Crippen molar-refractivity contribution in [3.05, 3.63) is 42.0 Å². The Morgan fingerprint density at radius 2 is 1.86 bits per heavy atom. The first-order valence-electron chi connectivity index (χ1n) is 12.3. The van der Waals surface area contributed by atoms with Crippen LogP contribution in [0.4, 0.5) is 11.8 Å². The fourth-order valence-electron chi connectivity index (χ4n) is 5.43. The lowest BCUT2D eigenvalue weighted by atomic mass is 10.1. The second-order valence-electron chi connectivity index (χ2n) is 9.52. The quantitative estimate of drug-likeness (QED) is 0.617. The van der Waals surface area contributed by atoms with Gasteiger partial charge >= 0.3 is 0 Å². The van der Waals surface area contributed by atoms with Gasteiger partial charge in [-0.25, -0.2) is 4.98 Å². The third kappa shape index (κ3) is 3.98. The minimum Gasteiger partial charge on any atom is -0.377 e. The van der Waals surface area contributed by atoms with E-state index in [1.54, 1.807) is 13.1 Å². The van der Waals surface area contributed by atoms with Crippen molar-refractivity contribution in [1.82, 2.24) is 20.3 Å². The minimum atomic E-state index is -0.122. The molecule has 0 aliphatic carbocycles. The molecule has 9 heteroatoms. The van der Waals surface area contributed by atoms with Gasteiger partial charge in [-0.2, -0.15) is 9.97 Å². The molecule has 3 aliphatic heterocycles. The molecule has 3 unspecified atom stereocenters. The van der Waals surface area contributed by atoms with E-state index in [1.165, 1.54) is 0 Å². The van der Waals surface area contributed by atoms with Crippen LogP contribution in [0.15, 0.2) is 36.4 Å². The predicted molar refractivity (Wildman–Crippen MR) is 134 cm³/mol. The number of amides is 1. The van der Waals surface area contributed by atoms with E-state index in [4.69, 9.17) is 24.4 Å². The summed E-state index contributed by atoms with van der Waals surface area (Å²) in [6.07, 6.45) is 2.22.